The number of carbonyl (C=O) groups excluding carboxylic acids is 1. The van der Waals surface area contributed by atoms with Gasteiger partial charge >= 0.3 is 0 Å². The Bertz CT molecular complexity index is 704. The fourth-order valence-electron chi connectivity index (χ4n) is 3.24. The van der Waals surface area contributed by atoms with Gasteiger partial charge in [-0.1, -0.05) is 48.5 Å². The van der Waals surface area contributed by atoms with Crippen LogP contribution in [0.25, 0.3) is 10.8 Å². The Morgan fingerprint density at radius 1 is 1.17 bits per heavy atom. The molecule has 0 aliphatic carbocycles. The van der Waals surface area contributed by atoms with Crippen molar-refractivity contribution < 1.29 is 10.0 Å². The molecule has 5 heteroatoms. The van der Waals surface area contributed by atoms with E-state index in [0.717, 1.165) is 32.5 Å². The van der Waals surface area contributed by atoms with Gasteiger partial charge in [-0.3, -0.25) is 14.9 Å². The Morgan fingerprint density at radius 2 is 1.88 bits per heavy atom. The molecule has 128 valence electrons. The summed E-state index contributed by atoms with van der Waals surface area (Å²) in [4.78, 5) is 13.5. The van der Waals surface area contributed by atoms with Gasteiger partial charge in [0.25, 0.3) is 5.91 Å². The molecule has 0 unspecified atom stereocenters. The number of hydrogen-bond acceptors (Lipinski definition) is 3. The lowest BCUT2D eigenvalue weighted by atomic mass is 9.95. The highest BCUT2D eigenvalue weighted by molar-refractivity contribution is 5.86. The summed E-state index contributed by atoms with van der Waals surface area (Å²) in [6.45, 7) is 3.02. The van der Waals surface area contributed by atoms with Gasteiger partial charge in [-0.25, -0.2) is 5.48 Å². The van der Waals surface area contributed by atoms with E-state index in [-0.39, 0.29) is 12.4 Å². The molecule has 1 aliphatic rings. The predicted octanol–water partition coefficient (Wildman–Crippen LogP) is 3.54. The molecular weight excluding hydrogens is 324 g/mol. The van der Waals surface area contributed by atoms with E-state index in [2.05, 4.69) is 47.4 Å². The third-order valence-electron chi connectivity index (χ3n) is 4.54. The summed E-state index contributed by atoms with van der Waals surface area (Å²) >= 11 is 0. The first kappa shape index (κ1) is 18.5. The van der Waals surface area contributed by atoms with Crippen LogP contribution in [0.4, 0.5) is 0 Å². The summed E-state index contributed by atoms with van der Waals surface area (Å²) in [6, 6.07) is 15.0. The average Bonchev–Trinajstić information content (AvgIpc) is 2.61. The van der Waals surface area contributed by atoms with Crippen molar-refractivity contribution in [1.29, 1.82) is 0 Å². The van der Waals surface area contributed by atoms with Crippen LogP contribution in [0.3, 0.4) is 0 Å². The van der Waals surface area contributed by atoms with Gasteiger partial charge in [0.05, 0.1) is 0 Å². The molecule has 24 heavy (non-hydrogen) atoms. The number of hydroxylamine groups is 1. The molecular formula is C19H23ClN2O2. The normalized spacial score (nSPS) is 16.2. The number of rotatable bonds is 4. The maximum absolute atomic E-state index is 11.0. The first-order chi connectivity index (χ1) is 11.3. The first-order valence-electron chi connectivity index (χ1n) is 8.07. The smallest absolute Gasteiger partial charge is 0.267 e. The molecule has 1 saturated heterocycles. The number of amides is 1. The highest BCUT2D eigenvalue weighted by Gasteiger charge is 2.18. The zero-order valence-corrected chi connectivity index (χ0v) is 14.3. The van der Waals surface area contributed by atoms with Crippen molar-refractivity contribution in [3.05, 3.63) is 60.2 Å². The standard InChI is InChI=1S/C19H22N2O2.ClH/c22-19(20-23)9-8-15-10-12-21(13-11-15)14-17-6-3-5-16-4-1-2-7-18(16)17;/h1-9,15,23H,10-14H2,(H,20,22);1H/b9-8+;. The van der Waals surface area contributed by atoms with Crippen molar-refractivity contribution in [2.75, 3.05) is 13.1 Å². The number of piperidine rings is 1. The van der Waals surface area contributed by atoms with E-state index in [1.54, 1.807) is 5.48 Å². The van der Waals surface area contributed by atoms with Gasteiger partial charge < -0.3 is 0 Å². The second kappa shape index (κ2) is 8.83. The van der Waals surface area contributed by atoms with Crippen LogP contribution >= 0.6 is 12.4 Å². The molecule has 1 aliphatic heterocycles. The zero-order chi connectivity index (χ0) is 16.1. The summed E-state index contributed by atoms with van der Waals surface area (Å²) in [5.41, 5.74) is 3.00. The molecule has 0 aromatic heterocycles. The second-order valence-electron chi connectivity index (χ2n) is 6.09. The molecule has 2 N–H and O–H groups in total. The molecule has 3 rings (SSSR count). The van der Waals surface area contributed by atoms with Crippen molar-refractivity contribution in [3.8, 4) is 0 Å². The molecule has 0 bridgehead atoms. The lowest BCUT2D eigenvalue weighted by molar-refractivity contribution is -0.124. The Kier molecular flexibility index (Phi) is 6.79. The third-order valence-corrected chi connectivity index (χ3v) is 4.54. The number of nitrogens with one attached hydrogen (secondary N) is 1. The second-order valence-corrected chi connectivity index (χ2v) is 6.09. The highest BCUT2D eigenvalue weighted by Crippen LogP contribution is 2.23. The largest absolute Gasteiger partial charge is 0.299 e. The van der Waals surface area contributed by atoms with Crippen LogP contribution in [-0.2, 0) is 11.3 Å². The quantitative estimate of drug-likeness (QED) is 0.506. The van der Waals surface area contributed by atoms with Crippen LogP contribution in [0.2, 0.25) is 0 Å². The first-order valence-corrected chi connectivity index (χ1v) is 8.07. The minimum absolute atomic E-state index is 0. The molecule has 0 spiro atoms. The third kappa shape index (κ3) is 4.57. The van der Waals surface area contributed by atoms with Crippen LogP contribution in [0, 0.1) is 5.92 Å². The van der Waals surface area contributed by atoms with E-state index in [1.165, 1.54) is 22.4 Å². The van der Waals surface area contributed by atoms with Crippen molar-refractivity contribution in [3.63, 3.8) is 0 Å². The lowest BCUT2D eigenvalue weighted by Crippen LogP contribution is -2.32. The number of carbonyl (C=O) groups is 1. The SMILES string of the molecule is Cl.O=C(/C=C/C1CCN(Cc2cccc3ccccc23)CC1)NO. The number of allylic oxidation sites excluding steroid dienone is 1. The number of nitrogens with zero attached hydrogens (tertiary/aromatic N) is 1. The minimum atomic E-state index is -0.455. The van der Waals surface area contributed by atoms with Crippen molar-refractivity contribution in [1.82, 2.24) is 10.4 Å². The van der Waals surface area contributed by atoms with Gasteiger partial charge in [0, 0.05) is 12.6 Å². The Hall–Kier alpha value is -1.88. The molecule has 0 radical (unpaired) electrons. The molecule has 4 nitrogen and oxygen atoms in total. The minimum Gasteiger partial charge on any atom is -0.299 e. The molecule has 2 aromatic carbocycles. The van der Waals surface area contributed by atoms with Gasteiger partial charge in [0.1, 0.15) is 0 Å². The number of hydrogen-bond donors (Lipinski definition) is 2. The molecule has 0 saturated carbocycles. The van der Waals surface area contributed by atoms with E-state index in [0.29, 0.717) is 5.92 Å². The van der Waals surface area contributed by atoms with E-state index in [9.17, 15) is 4.79 Å². The van der Waals surface area contributed by atoms with Crippen LogP contribution in [-0.4, -0.2) is 29.1 Å². The maximum atomic E-state index is 11.0. The van der Waals surface area contributed by atoms with Crippen molar-refractivity contribution in [2.24, 2.45) is 5.92 Å². The van der Waals surface area contributed by atoms with E-state index in [1.807, 2.05) is 6.08 Å². The molecule has 1 amide bonds. The van der Waals surface area contributed by atoms with Crippen LogP contribution in [0.5, 0.6) is 0 Å². The van der Waals surface area contributed by atoms with Crippen LogP contribution in [0.1, 0.15) is 18.4 Å². The summed E-state index contributed by atoms with van der Waals surface area (Å²) in [6.07, 6.45) is 5.41. The number of halogens is 1. The Morgan fingerprint density at radius 3 is 2.62 bits per heavy atom. The monoisotopic (exact) mass is 346 g/mol. The van der Waals surface area contributed by atoms with Gasteiger partial charge in [-0.2, -0.15) is 0 Å². The number of fused-ring (bicyclic) bond motifs is 1. The predicted molar refractivity (Wildman–Crippen MR) is 98.3 cm³/mol. The van der Waals surface area contributed by atoms with Crippen LogP contribution in [0.15, 0.2) is 54.6 Å². The highest BCUT2D eigenvalue weighted by atomic mass is 35.5. The maximum Gasteiger partial charge on any atom is 0.267 e. The fraction of sp³-hybridized carbons (Fsp3) is 0.316. The van der Waals surface area contributed by atoms with Gasteiger partial charge in [0.15, 0.2) is 0 Å². The van der Waals surface area contributed by atoms with E-state index < -0.39 is 5.91 Å². The van der Waals surface area contributed by atoms with E-state index in [4.69, 9.17) is 5.21 Å². The van der Waals surface area contributed by atoms with Crippen molar-refractivity contribution >= 4 is 29.1 Å². The van der Waals surface area contributed by atoms with E-state index >= 15 is 0 Å². The van der Waals surface area contributed by atoms with Crippen molar-refractivity contribution in [2.45, 2.75) is 19.4 Å². The fourth-order valence-corrected chi connectivity index (χ4v) is 3.24. The van der Waals surface area contributed by atoms with Gasteiger partial charge in [-0.05, 0) is 48.2 Å². The topological polar surface area (TPSA) is 52.6 Å². The molecule has 1 fully saturated rings. The molecule has 1 heterocycles. The Labute approximate surface area is 148 Å². The number of benzene rings is 2. The Balaban J connectivity index is 0.00000208. The average molecular weight is 347 g/mol. The number of likely N-dealkylation sites (tertiary alicyclic amines) is 1. The van der Waals surface area contributed by atoms with Gasteiger partial charge in [-0.15, -0.1) is 12.4 Å². The lowest BCUT2D eigenvalue weighted by Gasteiger charge is -2.31. The molecule has 2 aromatic rings. The summed E-state index contributed by atoms with van der Waals surface area (Å²) in [7, 11) is 0. The van der Waals surface area contributed by atoms with Gasteiger partial charge in [0.2, 0.25) is 0 Å². The van der Waals surface area contributed by atoms with Crippen LogP contribution < -0.4 is 5.48 Å². The summed E-state index contributed by atoms with van der Waals surface area (Å²) < 4.78 is 0. The summed E-state index contributed by atoms with van der Waals surface area (Å²) in [5, 5.41) is 11.1. The summed E-state index contributed by atoms with van der Waals surface area (Å²) in [5.74, 6) is -0.0424. The zero-order valence-electron chi connectivity index (χ0n) is 13.5. The molecule has 0 atom stereocenters.